The van der Waals surface area contributed by atoms with Crippen molar-refractivity contribution in [3.63, 3.8) is 0 Å². The largest absolute Gasteiger partial charge is 0.507 e. The highest BCUT2D eigenvalue weighted by Crippen LogP contribution is 2.40. The van der Waals surface area contributed by atoms with Crippen LogP contribution in [0.4, 0.5) is 0 Å². The molecule has 4 rings (SSSR count). The highest BCUT2D eigenvalue weighted by molar-refractivity contribution is 6.01. The fourth-order valence-corrected chi connectivity index (χ4v) is 3.04. The van der Waals surface area contributed by atoms with Crippen molar-refractivity contribution in [3.8, 4) is 5.75 Å². The average molecular weight is 322 g/mol. The molecular weight excluding hydrogens is 304 g/mol. The van der Waals surface area contributed by atoms with Crippen molar-refractivity contribution >= 4 is 16.7 Å². The summed E-state index contributed by atoms with van der Waals surface area (Å²) in [6.45, 7) is 0. The molecular formula is C18H18N4O2. The molecule has 0 unspecified atom stereocenters. The number of hydrogen-bond donors (Lipinski definition) is 2. The molecule has 1 saturated carbocycles. The summed E-state index contributed by atoms with van der Waals surface area (Å²) in [5.74, 6) is 0.808. The minimum Gasteiger partial charge on any atom is -0.507 e. The molecule has 0 radical (unpaired) electrons. The fraction of sp³-hybridized carbons (Fsp3) is 0.278. The summed E-state index contributed by atoms with van der Waals surface area (Å²) < 4.78 is 1.68. The molecule has 24 heavy (non-hydrogen) atoms. The predicted octanol–water partition coefficient (Wildman–Crippen LogP) is 2.56. The third kappa shape index (κ3) is 2.60. The molecule has 1 aliphatic rings. The molecule has 1 fully saturated rings. The van der Waals surface area contributed by atoms with E-state index >= 15 is 0 Å². The molecule has 2 N–H and O–H groups in total. The minimum absolute atomic E-state index is 0.0151. The van der Waals surface area contributed by atoms with E-state index in [4.69, 9.17) is 0 Å². The van der Waals surface area contributed by atoms with Crippen LogP contribution in [0.2, 0.25) is 0 Å². The number of carbonyl (C=O) groups is 1. The van der Waals surface area contributed by atoms with Crippen molar-refractivity contribution in [1.82, 2.24) is 20.1 Å². The second-order valence-electron chi connectivity index (χ2n) is 6.25. The number of aromatic hydroxyl groups is 1. The van der Waals surface area contributed by atoms with Crippen LogP contribution >= 0.6 is 0 Å². The van der Waals surface area contributed by atoms with Crippen molar-refractivity contribution < 1.29 is 9.90 Å². The lowest BCUT2D eigenvalue weighted by atomic mass is 10.0. The number of aromatic nitrogens is 3. The number of hydrogen-bond acceptors (Lipinski definition) is 4. The Bertz CT molecular complexity index is 914. The fourth-order valence-electron chi connectivity index (χ4n) is 3.04. The maximum absolute atomic E-state index is 12.7. The molecule has 0 aliphatic heterocycles. The van der Waals surface area contributed by atoms with Gasteiger partial charge in [-0.1, -0.05) is 24.3 Å². The first-order valence-electron chi connectivity index (χ1n) is 8.00. The van der Waals surface area contributed by atoms with Gasteiger partial charge in [0.25, 0.3) is 5.91 Å². The molecule has 122 valence electrons. The summed E-state index contributed by atoms with van der Waals surface area (Å²) in [5, 5.41) is 19.2. The third-order valence-corrected chi connectivity index (χ3v) is 4.51. The van der Waals surface area contributed by atoms with E-state index in [1.165, 1.54) is 6.33 Å². The Morgan fingerprint density at radius 2 is 2.00 bits per heavy atom. The number of nitrogens with one attached hydrogen (secondary N) is 1. The van der Waals surface area contributed by atoms with Gasteiger partial charge in [-0.15, -0.1) is 0 Å². The predicted molar refractivity (Wildman–Crippen MR) is 89.5 cm³/mol. The van der Waals surface area contributed by atoms with Gasteiger partial charge in [0.2, 0.25) is 0 Å². The van der Waals surface area contributed by atoms with Crippen LogP contribution in [0.15, 0.2) is 42.7 Å². The van der Waals surface area contributed by atoms with Gasteiger partial charge in [0.05, 0.1) is 11.6 Å². The number of aryl methyl sites for hydroxylation is 1. The van der Waals surface area contributed by atoms with E-state index < -0.39 is 0 Å². The Morgan fingerprint density at radius 3 is 2.62 bits per heavy atom. The number of carbonyl (C=O) groups excluding carboxylic acids is 1. The highest BCUT2D eigenvalue weighted by atomic mass is 16.3. The van der Waals surface area contributed by atoms with Crippen LogP contribution in [0.5, 0.6) is 5.75 Å². The molecule has 3 aromatic rings. The van der Waals surface area contributed by atoms with Crippen molar-refractivity contribution in [2.75, 3.05) is 0 Å². The van der Waals surface area contributed by atoms with E-state index in [1.54, 1.807) is 16.8 Å². The van der Waals surface area contributed by atoms with Crippen molar-refractivity contribution in [1.29, 1.82) is 0 Å². The van der Waals surface area contributed by atoms with Crippen LogP contribution in [0.1, 0.15) is 35.1 Å². The number of benzene rings is 2. The van der Waals surface area contributed by atoms with Gasteiger partial charge in [-0.2, -0.15) is 5.10 Å². The minimum atomic E-state index is -0.293. The van der Waals surface area contributed by atoms with Gasteiger partial charge in [0.1, 0.15) is 17.9 Å². The number of amides is 1. The number of nitrogens with zero attached hydrogens (tertiary/aromatic N) is 3. The van der Waals surface area contributed by atoms with Crippen LogP contribution in [-0.4, -0.2) is 25.8 Å². The molecule has 1 aliphatic carbocycles. The van der Waals surface area contributed by atoms with Crippen LogP contribution in [0, 0.1) is 5.92 Å². The summed E-state index contributed by atoms with van der Waals surface area (Å²) in [7, 11) is 1.82. The summed E-state index contributed by atoms with van der Waals surface area (Å²) in [4.78, 5) is 17.0. The van der Waals surface area contributed by atoms with Crippen molar-refractivity contribution in [2.24, 2.45) is 13.0 Å². The Hall–Kier alpha value is -2.89. The van der Waals surface area contributed by atoms with E-state index in [1.807, 2.05) is 31.3 Å². The molecule has 6 nitrogen and oxygen atoms in total. The summed E-state index contributed by atoms with van der Waals surface area (Å²) in [5.41, 5.74) is 0.279. The normalized spacial score (nSPS) is 15.4. The quantitative estimate of drug-likeness (QED) is 0.773. The van der Waals surface area contributed by atoms with E-state index in [2.05, 4.69) is 15.4 Å². The Labute approximate surface area is 139 Å². The summed E-state index contributed by atoms with van der Waals surface area (Å²) in [6, 6.07) is 10.8. The maximum atomic E-state index is 12.7. The van der Waals surface area contributed by atoms with Crippen LogP contribution in [0.25, 0.3) is 10.8 Å². The molecule has 1 heterocycles. The van der Waals surface area contributed by atoms with Crippen molar-refractivity contribution in [3.05, 3.63) is 54.1 Å². The number of phenols is 1. The van der Waals surface area contributed by atoms with Gasteiger partial charge >= 0.3 is 0 Å². The first-order chi connectivity index (χ1) is 11.6. The molecule has 2 aromatic carbocycles. The number of phenolic OH excluding ortho intramolecular Hbond substituents is 1. The van der Waals surface area contributed by atoms with E-state index in [0.717, 1.165) is 29.4 Å². The van der Waals surface area contributed by atoms with Gasteiger partial charge in [-0.05, 0) is 41.7 Å². The lowest BCUT2D eigenvalue weighted by Crippen LogP contribution is -2.31. The van der Waals surface area contributed by atoms with Gasteiger partial charge in [-0.3, -0.25) is 9.48 Å². The zero-order chi connectivity index (χ0) is 16.7. The summed E-state index contributed by atoms with van der Waals surface area (Å²) in [6.07, 6.45) is 3.60. The Morgan fingerprint density at radius 1 is 1.29 bits per heavy atom. The van der Waals surface area contributed by atoms with Gasteiger partial charge in [0.15, 0.2) is 0 Å². The lowest BCUT2D eigenvalue weighted by Gasteiger charge is -2.18. The number of rotatable bonds is 4. The second kappa shape index (κ2) is 5.63. The van der Waals surface area contributed by atoms with E-state index in [-0.39, 0.29) is 23.3 Å². The Balaban J connectivity index is 1.66. The molecule has 1 aromatic heterocycles. The van der Waals surface area contributed by atoms with Crippen molar-refractivity contribution in [2.45, 2.75) is 18.9 Å². The van der Waals surface area contributed by atoms with Gasteiger partial charge in [0, 0.05) is 7.05 Å². The zero-order valence-electron chi connectivity index (χ0n) is 13.3. The highest BCUT2D eigenvalue weighted by Gasteiger charge is 2.36. The average Bonchev–Trinajstić information content (AvgIpc) is 3.33. The maximum Gasteiger partial charge on any atom is 0.255 e. The van der Waals surface area contributed by atoms with Gasteiger partial charge in [-0.25, -0.2) is 4.98 Å². The Kier molecular flexibility index (Phi) is 3.45. The molecule has 0 spiro atoms. The first kappa shape index (κ1) is 14.7. The monoisotopic (exact) mass is 322 g/mol. The molecule has 6 heteroatoms. The van der Waals surface area contributed by atoms with Gasteiger partial charge < -0.3 is 10.4 Å². The smallest absolute Gasteiger partial charge is 0.255 e. The van der Waals surface area contributed by atoms with Crippen LogP contribution in [-0.2, 0) is 7.05 Å². The molecule has 1 atom stereocenters. The standard InChI is InChI=1S/C18H18N4O2/c1-22-17(19-10-20-22)16(11-6-7-11)21-18(24)14-8-12-4-2-3-5-13(12)9-15(14)23/h2-5,8-11,16,23H,6-7H2,1H3,(H,21,24)/t16-/m0/s1. The molecule has 0 bridgehead atoms. The molecule has 0 saturated heterocycles. The summed E-state index contributed by atoms with van der Waals surface area (Å²) >= 11 is 0. The zero-order valence-corrected chi connectivity index (χ0v) is 13.3. The second-order valence-corrected chi connectivity index (χ2v) is 6.25. The number of fused-ring (bicyclic) bond motifs is 1. The SMILES string of the molecule is Cn1ncnc1[C@@H](NC(=O)c1cc2ccccc2cc1O)C1CC1. The van der Waals surface area contributed by atoms with E-state index in [9.17, 15) is 9.90 Å². The third-order valence-electron chi connectivity index (χ3n) is 4.51. The first-order valence-corrected chi connectivity index (χ1v) is 8.00. The van der Waals surface area contributed by atoms with E-state index in [0.29, 0.717) is 5.92 Å². The van der Waals surface area contributed by atoms with Crippen LogP contribution in [0.3, 0.4) is 0 Å². The lowest BCUT2D eigenvalue weighted by molar-refractivity contribution is 0.0926. The topological polar surface area (TPSA) is 80.0 Å². The van der Waals surface area contributed by atoms with Crippen LogP contribution < -0.4 is 5.32 Å². The molecule has 1 amide bonds.